The predicted molar refractivity (Wildman–Crippen MR) is 98.1 cm³/mol. The first-order valence-electron chi connectivity index (χ1n) is 7.81. The van der Waals surface area contributed by atoms with E-state index in [-0.39, 0.29) is 11.9 Å². The lowest BCUT2D eigenvalue weighted by atomic mass is 10.1. The maximum absolute atomic E-state index is 12.8. The summed E-state index contributed by atoms with van der Waals surface area (Å²) in [6, 6.07) is 9.75. The molecule has 0 spiro atoms. The van der Waals surface area contributed by atoms with Crippen molar-refractivity contribution >= 4 is 29.3 Å². The molecule has 0 saturated carbocycles. The average Bonchev–Trinajstić information content (AvgIpc) is 2.98. The van der Waals surface area contributed by atoms with Gasteiger partial charge in [-0.05, 0) is 44.6 Å². The number of carbonyl (C=O) groups excluding carboxylic acids is 1. The first kappa shape index (κ1) is 16.4. The van der Waals surface area contributed by atoms with Crippen molar-refractivity contribution in [3.8, 4) is 0 Å². The molecule has 0 aliphatic carbocycles. The van der Waals surface area contributed by atoms with Gasteiger partial charge in [-0.1, -0.05) is 30.3 Å². The molecule has 1 saturated heterocycles. The van der Waals surface area contributed by atoms with E-state index in [1.54, 1.807) is 4.90 Å². The van der Waals surface area contributed by atoms with Gasteiger partial charge in [-0.15, -0.1) is 0 Å². The van der Waals surface area contributed by atoms with Crippen molar-refractivity contribution in [1.82, 2.24) is 20.0 Å². The molecule has 3 rings (SSSR count). The van der Waals surface area contributed by atoms with Crippen LogP contribution in [-0.2, 0) is 11.8 Å². The lowest BCUT2D eigenvalue weighted by Crippen LogP contribution is -2.33. The molecule has 1 aromatic heterocycles. The van der Waals surface area contributed by atoms with Gasteiger partial charge < -0.3 is 5.32 Å². The van der Waals surface area contributed by atoms with E-state index in [0.29, 0.717) is 10.8 Å². The zero-order valence-electron chi connectivity index (χ0n) is 14.2. The van der Waals surface area contributed by atoms with Crippen LogP contribution in [0.2, 0.25) is 0 Å². The van der Waals surface area contributed by atoms with E-state index in [9.17, 15) is 4.79 Å². The summed E-state index contributed by atoms with van der Waals surface area (Å²) >= 11 is 5.39. The van der Waals surface area contributed by atoms with Crippen molar-refractivity contribution < 1.29 is 4.79 Å². The number of benzene rings is 1. The van der Waals surface area contributed by atoms with Crippen molar-refractivity contribution in [2.75, 3.05) is 0 Å². The maximum atomic E-state index is 12.8. The lowest BCUT2D eigenvalue weighted by molar-refractivity contribution is -0.123. The Kier molecular flexibility index (Phi) is 4.24. The van der Waals surface area contributed by atoms with Crippen molar-refractivity contribution in [3.05, 3.63) is 58.5 Å². The molecule has 5 nitrogen and oxygen atoms in total. The highest BCUT2D eigenvalue weighted by Gasteiger charge is 2.35. The molecule has 1 aliphatic rings. The number of hydrogen-bond acceptors (Lipinski definition) is 3. The highest BCUT2D eigenvalue weighted by molar-refractivity contribution is 7.80. The quantitative estimate of drug-likeness (QED) is 0.689. The Morgan fingerprint density at radius 2 is 1.92 bits per heavy atom. The van der Waals surface area contributed by atoms with Gasteiger partial charge in [0.25, 0.3) is 5.91 Å². The number of amides is 1. The third-order valence-corrected chi connectivity index (χ3v) is 4.73. The second-order valence-corrected chi connectivity index (χ2v) is 6.34. The van der Waals surface area contributed by atoms with Crippen LogP contribution < -0.4 is 5.32 Å². The summed E-state index contributed by atoms with van der Waals surface area (Å²) in [6.45, 7) is 5.89. The molecule has 1 aliphatic heterocycles. The smallest absolute Gasteiger partial charge is 0.277 e. The Balaban J connectivity index is 1.93. The van der Waals surface area contributed by atoms with Gasteiger partial charge in [0.2, 0.25) is 0 Å². The summed E-state index contributed by atoms with van der Waals surface area (Å²) < 4.78 is 1.81. The fourth-order valence-electron chi connectivity index (χ4n) is 2.92. The number of rotatable bonds is 3. The van der Waals surface area contributed by atoms with Crippen molar-refractivity contribution in [2.24, 2.45) is 7.05 Å². The SMILES string of the molecule is Cc1nn(C)c(C)c1/C=C1/NC(=S)N(C(C)c2ccccc2)C1=O. The topological polar surface area (TPSA) is 50.2 Å². The van der Waals surface area contributed by atoms with Crippen LogP contribution >= 0.6 is 12.2 Å². The number of thiocarbonyl (C=S) groups is 1. The molecule has 1 atom stereocenters. The summed E-state index contributed by atoms with van der Waals surface area (Å²) in [5.41, 5.74) is 4.38. The summed E-state index contributed by atoms with van der Waals surface area (Å²) in [5.74, 6) is -0.112. The van der Waals surface area contributed by atoms with Crippen molar-refractivity contribution in [2.45, 2.75) is 26.8 Å². The van der Waals surface area contributed by atoms with Gasteiger partial charge in [-0.2, -0.15) is 5.10 Å². The van der Waals surface area contributed by atoms with Gasteiger partial charge in [0.1, 0.15) is 5.70 Å². The van der Waals surface area contributed by atoms with Crippen molar-refractivity contribution in [1.29, 1.82) is 0 Å². The van der Waals surface area contributed by atoms with Crippen LogP contribution in [0.4, 0.5) is 0 Å². The molecule has 1 unspecified atom stereocenters. The maximum Gasteiger partial charge on any atom is 0.277 e. The predicted octanol–water partition coefficient (Wildman–Crippen LogP) is 2.86. The van der Waals surface area contributed by atoms with Crippen LogP contribution in [0.5, 0.6) is 0 Å². The van der Waals surface area contributed by atoms with E-state index in [1.807, 2.05) is 68.9 Å². The zero-order valence-corrected chi connectivity index (χ0v) is 15.0. The Labute approximate surface area is 147 Å². The monoisotopic (exact) mass is 340 g/mol. The van der Waals surface area contributed by atoms with Gasteiger partial charge in [-0.25, -0.2) is 0 Å². The minimum Gasteiger partial charge on any atom is -0.328 e. The van der Waals surface area contributed by atoms with Crippen LogP contribution in [0.3, 0.4) is 0 Å². The Morgan fingerprint density at radius 3 is 2.50 bits per heavy atom. The van der Waals surface area contributed by atoms with Crippen LogP contribution in [-0.4, -0.2) is 25.7 Å². The highest BCUT2D eigenvalue weighted by Crippen LogP contribution is 2.27. The van der Waals surface area contributed by atoms with E-state index in [4.69, 9.17) is 12.2 Å². The first-order chi connectivity index (χ1) is 11.4. The van der Waals surface area contributed by atoms with Gasteiger partial charge in [0, 0.05) is 18.3 Å². The van der Waals surface area contributed by atoms with E-state index < -0.39 is 0 Å². The molecular formula is C18H20N4OS. The van der Waals surface area contributed by atoms with Crippen LogP contribution in [0.1, 0.15) is 35.5 Å². The van der Waals surface area contributed by atoms with Crippen LogP contribution in [0.25, 0.3) is 6.08 Å². The Morgan fingerprint density at radius 1 is 1.25 bits per heavy atom. The molecule has 24 heavy (non-hydrogen) atoms. The molecule has 1 aromatic carbocycles. The summed E-state index contributed by atoms with van der Waals surface area (Å²) in [4.78, 5) is 14.5. The van der Waals surface area contributed by atoms with Gasteiger partial charge in [-0.3, -0.25) is 14.4 Å². The van der Waals surface area contributed by atoms with Gasteiger partial charge in [0.15, 0.2) is 5.11 Å². The second-order valence-electron chi connectivity index (χ2n) is 5.96. The summed E-state index contributed by atoms with van der Waals surface area (Å²) in [6.07, 6.45) is 1.84. The largest absolute Gasteiger partial charge is 0.328 e. The normalized spacial score (nSPS) is 17.5. The van der Waals surface area contributed by atoms with Crippen LogP contribution in [0.15, 0.2) is 36.0 Å². The van der Waals surface area contributed by atoms with Crippen molar-refractivity contribution in [3.63, 3.8) is 0 Å². The highest BCUT2D eigenvalue weighted by atomic mass is 32.1. The third kappa shape index (κ3) is 2.73. The molecule has 2 aromatic rings. The zero-order chi connectivity index (χ0) is 17.4. The molecule has 1 N–H and O–H groups in total. The minimum absolute atomic E-state index is 0.112. The third-order valence-electron chi connectivity index (χ3n) is 4.43. The molecule has 2 heterocycles. The van der Waals surface area contributed by atoms with Crippen LogP contribution in [0, 0.1) is 13.8 Å². The lowest BCUT2D eigenvalue weighted by Gasteiger charge is -2.23. The molecule has 0 bridgehead atoms. The first-order valence-corrected chi connectivity index (χ1v) is 8.22. The molecular weight excluding hydrogens is 320 g/mol. The molecule has 124 valence electrons. The Hall–Kier alpha value is -2.47. The second kappa shape index (κ2) is 6.20. The van der Waals surface area contributed by atoms with E-state index >= 15 is 0 Å². The number of carbonyl (C=O) groups is 1. The number of aromatic nitrogens is 2. The number of hydrogen-bond donors (Lipinski definition) is 1. The molecule has 1 amide bonds. The summed E-state index contributed by atoms with van der Waals surface area (Å²) in [5, 5.41) is 7.87. The van der Waals surface area contributed by atoms with Gasteiger partial charge in [0.05, 0.1) is 11.7 Å². The Bertz CT molecular complexity index is 838. The molecule has 6 heteroatoms. The van der Waals surface area contributed by atoms with E-state index in [0.717, 1.165) is 22.5 Å². The fraction of sp³-hybridized carbons (Fsp3) is 0.278. The minimum atomic E-state index is -0.124. The van der Waals surface area contributed by atoms with E-state index in [2.05, 4.69) is 10.4 Å². The fourth-order valence-corrected chi connectivity index (χ4v) is 3.28. The molecule has 0 radical (unpaired) electrons. The van der Waals surface area contributed by atoms with E-state index in [1.165, 1.54) is 0 Å². The number of nitrogens with zero attached hydrogens (tertiary/aromatic N) is 3. The number of nitrogens with one attached hydrogen (secondary N) is 1. The standard InChI is InChI=1S/C18H20N4OS/c1-11-15(13(3)21(4)20-11)10-16-17(23)22(18(24)19-16)12(2)14-8-6-5-7-9-14/h5-10,12H,1-4H3,(H,19,24)/b16-10+. The average molecular weight is 340 g/mol. The molecule has 1 fully saturated rings. The summed E-state index contributed by atoms with van der Waals surface area (Å²) in [7, 11) is 1.89. The number of aryl methyl sites for hydroxylation is 2. The van der Waals surface area contributed by atoms with Gasteiger partial charge >= 0.3 is 0 Å².